The number of nitrogens with zero attached hydrogens (tertiary/aromatic N) is 2. The van der Waals surface area contributed by atoms with E-state index in [0.29, 0.717) is 22.4 Å². The largest absolute Gasteiger partial charge is 0.480 e. The summed E-state index contributed by atoms with van der Waals surface area (Å²) in [6.07, 6.45) is 0. The summed E-state index contributed by atoms with van der Waals surface area (Å²) in [7, 11) is 0. The lowest BCUT2D eigenvalue weighted by Gasteiger charge is -2.11. The standard InChI is InChI=1S/C15H13FN2O3/c1-9(2)15-12(10-4-3-5-11(16)6-10)7-13(19)18(17-15)8-14(20)21/h3-7H,1,8H2,2H3,(H,20,21). The highest BCUT2D eigenvalue weighted by Gasteiger charge is 2.13. The smallest absolute Gasteiger partial charge is 0.325 e. The van der Waals surface area contributed by atoms with Crippen LogP contribution in [0.2, 0.25) is 0 Å². The first-order chi connectivity index (χ1) is 9.88. The zero-order valence-corrected chi connectivity index (χ0v) is 11.3. The maximum atomic E-state index is 13.3. The quantitative estimate of drug-likeness (QED) is 0.935. The highest BCUT2D eigenvalue weighted by Crippen LogP contribution is 2.25. The zero-order valence-electron chi connectivity index (χ0n) is 11.3. The fourth-order valence-electron chi connectivity index (χ4n) is 1.92. The van der Waals surface area contributed by atoms with Crippen LogP contribution in [0.1, 0.15) is 12.6 Å². The number of aromatic nitrogens is 2. The molecule has 5 nitrogen and oxygen atoms in total. The van der Waals surface area contributed by atoms with Gasteiger partial charge in [0.05, 0.1) is 5.69 Å². The normalized spacial score (nSPS) is 10.4. The van der Waals surface area contributed by atoms with Gasteiger partial charge in [0, 0.05) is 11.6 Å². The predicted molar refractivity (Wildman–Crippen MR) is 76.2 cm³/mol. The van der Waals surface area contributed by atoms with Crippen LogP contribution in [0, 0.1) is 5.82 Å². The first-order valence-corrected chi connectivity index (χ1v) is 6.14. The molecule has 1 heterocycles. The van der Waals surface area contributed by atoms with Gasteiger partial charge in [0.2, 0.25) is 0 Å². The summed E-state index contributed by atoms with van der Waals surface area (Å²) in [5.41, 5.74) is 1.25. The SMILES string of the molecule is C=C(C)c1nn(CC(=O)O)c(=O)cc1-c1cccc(F)c1. The van der Waals surface area contributed by atoms with Crippen LogP contribution in [-0.2, 0) is 11.3 Å². The van der Waals surface area contributed by atoms with Crippen LogP contribution in [-0.4, -0.2) is 20.9 Å². The minimum Gasteiger partial charge on any atom is -0.480 e. The summed E-state index contributed by atoms with van der Waals surface area (Å²) >= 11 is 0. The molecule has 0 amide bonds. The highest BCUT2D eigenvalue weighted by atomic mass is 19.1. The van der Waals surface area contributed by atoms with Crippen molar-refractivity contribution in [2.45, 2.75) is 13.5 Å². The van der Waals surface area contributed by atoms with Gasteiger partial charge in [-0.1, -0.05) is 18.7 Å². The molecule has 2 rings (SSSR count). The number of allylic oxidation sites excluding steroid dienone is 1. The average molecular weight is 288 g/mol. The molecule has 0 fully saturated rings. The van der Waals surface area contributed by atoms with Crippen LogP contribution in [0.25, 0.3) is 16.7 Å². The van der Waals surface area contributed by atoms with Crippen molar-refractivity contribution in [3.05, 3.63) is 58.8 Å². The number of carboxylic acids is 1. The van der Waals surface area contributed by atoms with Gasteiger partial charge in [-0.15, -0.1) is 0 Å². The highest BCUT2D eigenvalue weighted by molar-refractivity contribution is 5.77. The van der Waals surface area contributed by atoms with Crippen LogP contribution in [0.3, 0.4) is 0 Å². The molecule has 0 saturated carbocycles. The minimum absolute atomic E-state index is 0.362. The summed E-state index contributed by atoms with van der Waals surface area (Å²) < 4.78 is 14.2. The molecule has 1 aromatic heterocycles. The number of aliphatic carboxylic acids is 1. The molecule has 21 heavy (non-hydrogen) atoms. The van der Waals surface area contributed by atoms with E-state index in [1.807, 2.05) is 0 Å². The molecule has 0 aliphatic heterocycles. The van der Waals surface area contributed by atoms with E-state index in [4.69, 9.17) is 5.11 Å². The molecule has 0 bridgehead atoms. The number of benzene rings is 1. The third-order valence-corrected chi connectivity index (χ3v) is 2.82. The summed E-state index contributed by atoms with van der Waals surface area (Å²) in [5.74, 6) is -1.61. The Kier molecular flexibility index (Phi) is 3.98. The lowest BCUT2D eigenvalue weighted by molar-refractivity contribution is -0.138. The van der Waals surface area contributed by atoms with Gasteiger partial charge in [-0.3, -0.25) is 9.59 Å². The fraction of sp³-hybridized carbons (Fsp3) is 0.133. The summed E-state index contributed by atoms with van der Waals surface area (Å²) in [6.45, 7) is 4.91. The van der Waals surface area contributed by atoms with Crippen molar-refractivity contribution in [1.29, 1.82) is 0 Å². The van der Waals surface area contributed by atoms with Crippen molar-refractivity contribution in [3.63, 3.8) is 0 Å². The topological polar surface area (TPSA) is 72.2 Å². The van der Waals surface area contributed by atoms with E-state index in [2.05, 4.69) is 11.7 Å². The molecular formula is C15H13FN2O3. The molecule has 1 aromatic carbocycles. The predicted octanol–water partition coefficient (Wildman–Crippen LogP) is 2.17. The van der Waals surface area contributed by atoms with Crippen molar-refractivity contribution >= 4 is 11.5 Å². The number of hydrogen-bond donors (Lipinski definition) is 1. The summed E-state index contributed by atoms with van der Waals surface area (Å²) in [5, 5.41) is 12.8. The van der Waals surface area contributed by atoms with Gasteiger partial charge in [0.15, 0.2) is 0 Å². The Morgan fingerprint density at radius 3 is 2.71 bits per heavy atom. The van der Waals surface area contributed by atoms with Crippen LogP contribution in [0.4, 0.5) is 4.39 Å². The van der Waals surface area contributed by atoms with E-state index in [-0.39, 0.29) is 0 Å². The first kappa shape index (κ1) is 14.6. The Morgan fingerprint density at radius 2 is 2.14 bits per heavy atom. The van der Waals surface area contributed by atoms with Crippen LogP contribution >= 0.6 is 0 Å². The number of halogens is 1. The fourth-order valence-corrected chi connectivity index (χ4v) is 1.92. The lowest BCUT2D eigenvalue weighted by atomic mass is 10.0. The van der Waals surface area contributed by atoms with Crippen molar-refractivity contribution < 1.29 is 14.3 Å². The van der Waals surface area contributed by atoms with Gasteiger partial charge in [-0.25, -0.2) is 9.07 Å². The second-order valence-electron chi connectivity index (χ2n) is 4.59. The minimum atomic E-state index is -1.17. The molecule has 0 spiro atoms. The van der Waals surface area contributed by atoms with E-state index in [1.54, 1.807) is 13.0 Å². The molecule has 1 N–H and O–H groups in total. The van der Waals surface area contributed by atoms with E-state index < -0.39 is 23.9 Å². The van der Waals surface area contributed by atoms with Crippen LogP contribution in [0.15, 0.2) is 41.7 Å². The van der Waals surface area contributed by atoms with Gasteiger partial charge in [0.25, 0.3) is 5.56 Å². The first-order valence-electron chi connectivity index (χ1n) is 6.14. The van der Waals surface area contributed by atoms with Crippen molar-refractivity contribution in [3.8, 4) is 11.1 Å². The second-order valence-corrected chi connectivity index (χ2v) is 4.59. The second kappa shape index (κ2) is 5.70. The molecule has 2 aromatic rings. The maximum Gasteiger partial charge on any atom is 0.325 e. The van der Waals surface area contributed by atoms with Crippen LogP contribution < -0.4 is 5.56 Å². The van der Waals surface area contributed by atoms with E-state index in [0.717, 1.165) is 4.68 Å². The third kappa shape index (κ3) is 3.22. The van der Waals surface area contributed by atoms with Crippen molar-refractivity contribution in [1.82, 2.24) is 9.78 Å². The number of rotatable bonds is 4. The Hall–Kier alpha value is -2.76. The van der Waals surface area contributed by atoms with Gasteiger partial charge < -0.3 is 5.11 Å². The third-order valence-electron chi connectivity index (χ3n) is 2.82. The number of carboxylic acid groups (broad SMARTS) is 1. The van der Waals surface area contributed by atoms with Gasteiger partial charge in [-0.2, -0.15) is 5.10 Å². The van der Waals surface area contributed by atoms with Gasteiger partial charge in [0.1, 0.15) is 12.4 Å². The average Bonchev–Trinajstić information content (AvgIpc) is 2.40. The Labute approximate surface area is 120 Å². The maximum absolute atomic E-state index is 13.3. The molecular weight excluding hydrogens is 275 g/mol. The van der Waals surface area contributed by atoms with E-state index in [9.17, 15) is 14.0 Å². The lowest BCUT2D eigenvalue weighted by Crippen LogP contribution is -2.27. The molecule has 108 valence electrons. The Balaban J connectivity index is 2.66. The zero-order chi connectivity index (χ0) is 15.6. The number of hydrogen-bond acceptors (Lipinski definition) is 3. The van der Waals surface area contributed by atoms with Gasteiger partial charge in [-0.05, 0) is 30.2 Å². The molecule has 0 aliphatic rings. The number of carbonyl (C=O) groups is 1. The van der Waals surface area contributed by atoms with Gasteiger partial charge >= 0.3 is 5.97 Å². The van der Waals surface area contributed by atoms with Crippen LogP contribution in [0.5, 0.6) is 0 Å². The molecule has 0 unspecified atom stereocenters. The van der Waals surface area contributed by atoms with Crippen molar-refractivity contribution in [2.75, 3.05) is 0 Å². The molecule has 6 heteroatoms. The molecule has 0 aliphatic carbocycles. The van der Waals surface area contributed by atoms with E-state index in [1.165, 1.54) is 24.3 Å². The monoisotopic (exact) mass is 288 g/mol. The van der Waals surface area contributed by atoms with Crippen molar-refractivity contribution in [2.24, 2.45) is 0 Å². The van der Waals surface area contributed by atoms with E-state index >= 15 is 0 Å². The Morgan fingerprint density at radius 1 is 1.43 bits per heavy atom. The summed E-state index contributed by atoms with van der Waals surface area (Å²) in [6, 6.07) is 6.99. The summed E-state index contributed by atoms with van der Waals surface area (Å²) in [4.78, 5) is 22.7. The molecule has 0 radical (unpaired) electrons. The molecule has 0 saturated heterocycles. The molecule has 0 atom stereocenters. The Bertz CT molecular complexity index is 781.